The number of nitrogens with zero attached hydrogens (tertiary/aromatic N) is 3. The van der Waals surface area contributed by atoms with Crippen molar-refractivity contribution in [3.8, 4) is 0 Å². The van der Waals surface area contributed by atoms with Crippen LogP contribution in [0.15, 0.2) is 47.8 Å². The number of fused-ring (bicyclic) bond motifs is 1. The molecule has 1 N–H and O–H groups in total. The maximum absolute atomic E-state index is 12.2. The molecule has 1 aromatic carbocycles. The molecule has 0 saturated carbocycles. The third kappa shape index (κ3) is 3.84. The largest absolute Gasteiger partial charge is 0.325 e. The van der Waals surface area contributed by atoms with Gasteiger partial charge in [-0.3, -0.25) is 9.78 Å². The summed E-state index contributed by atoms with van der Waals surface area (Å²) >= 11 is 1.33. The Morgan fingerprint density at radius 1 is 1.13 bits per heavy atom. The number of thioether (sulfide) groups is 1. The molecule has 3 rings (SSSR count). The summed E-state index contributed by atoms with van der Waals surface area (Å²) in [6.45, 7) is 3.84. The lowest BCUT2D eigenvalue weighted by Crippen LogP contribution is -2.14. The summed E-state index contributed by atoms with van der Waals surface area (Å²) < 4.78 is 0. The highest BCUT2D eigenvalue weighted by Crippen LogP contribution is 2.22. The number of benzene rings is 1. The molecule has 6 heteroatoms. The predicted molar refractivity (Wildman–Crippen MR) is 92.6 cm³/mol. The maximum atomic E-state index is 12.2. The molecule has 0 saturated heterocycles. The Labute approximate surface area is 138 Å². The highest BCUT2D eigenvalue weighted by Gasteiger charge is 2.08. The second-order valence-electron chi connectivity index (χ2n) is 5.15. The monoisotopic (exact) mass is 324 g/mol. The molecule has 2 heterocycles. The van der Waals surface area contributed by atoms with Gasteiger partial charge in [-0.1, -0.05) is 17.8 Å². The highest BCUT2D eigenvalue weighted by atomic mass is 32.2. The molecule has 0 radical (unpaired) electrons. The number of amides is 1. The first-order valence-corrected chi connectivity index (χ1v) is 8.19. The zero-order chi connectivity index (χ0) is 16.2. The van der Waals surface area contributed by atoms with Crippen LogP contribution in [0.5, 0.6) is 0 Å². The number of aryl methyl sites for hydroxylation is 2. The van der Waals surface area contributed by atoms with Crippen LogP contribution in [0.25, 0.3) is 10.9 Å². The summed E-state index contributed by atoms with van der Waals surface area (Å²) in [6, 6.07) is 11.4. The van der Waals surface area contributed by atoms with E-state index < -0.39 is 0 Å². The molecule has 2 aromatic heterocycles. The zero-order valence-electron chi connectivity index (χ0n) is 12.9. The SMILES string of the molecule is Cc1cc(C)nc(SCC(=O)Nc2cccc3ncccc23)n1. The molecule has 0 atom stereocenters. The van der Waals surface area contributed by atoms with Crippen LogP contribution in [0.4, 0.5) is 5.69 Å². The minimum Gasteiger partial charge on any atom is -0.325 e. The van der Waals surface area contributed by atoms with Crippen molar-refractivity contribution in [3.05, 3.63) is 54.0 Å². The first kappa shape index (κ1) is 15.4. The molecule has 116 valence electrons. The molecule has 0 aliphatic rings. The molecule has 23 heavy (non-hydrogen) atoms. The smallest absolute Gasteiger partial charge is 0.234 e. The first-order chi connectivity index (χ1) is 11.1. The van der Waals surface area contributed by atoms with E-state index in [9.17, 15) is 4.79 Å². The number of nitrogens with one attached hydrogen (secondary N) is 1. The number of hydrogen-bond acceptors (Lipinski definition) is 5. The Morgan fingerprint density at radius 2 is 1.91 bits per heavy atom. The topological polar surface area (TPSA) is 67.8 Å². The predicted octanol–water partition coefficient (Wildman–Crippen LogP) is 3.37. The van der Waals surface area contributed by atoms with Gasteiger partial charge in [-0.25, -0.2) is 9.97 Å². The van der Waals surface area contributed by atoms with Crippen molar-refractivity contribution in [2.45, 2.75) is 19.0 Å². The molecule has 0 fully saturated rings. The summed E-state index contributed by atoms with van der Waals surface area (Å²) in [7, 11) is 0. The van der Waals surface area contributed by atoms with Crippen LogP contribution < -0.4 is 5.32 Å². The first-order valence-electron chi connectivity index (χ1n) is 7.20. The summed E-state index contributed by atoms with van der Waals surface area (Å²) in [6.07, 6.45) is 1.74. The van der Waals surface area contributed by atoms with Crippen molar-refractivity contribution in [3.63, 3.8) is 0 Å². The van der Waals surface area contributed by atoms with Gasteiger partial charge in [0.2, 0.25) is 5.91 Å². The Hall–Kier alpha value is -2.47. The van der Waals surface area contributed by atoms with Gasteiger partial charge in [0.1, 0.15) is 0 Å². The molecule has 0 unspecified atom stereocenters. The van der Waals surface area contributed by atoms with E-state index in [-0.39, 0.29) is 11.7 Å². The Kier molecular flexibility index (Phi) is 4.52. The standard InChI is InChI=1S/C17H16N4OS/c1-11-9-12(2)20-17(19-11)23-10-16(22)21-15-7-3-6-14-13(15)5-4-8-18-14/h3-9H,10H2,1-2H3,(H,21,22). The van der Waals surface area contributed by atoms with Crippen LogP contribution in [0, 0.1) is 13.8 Å². The molecular formula is C17H16N4OS. The van der Waals surface area contributed by atoms with E-state index in [0.717, 1.165) is 28.0 Å². The van der Waals surface area contributed by atoms with Gasteiger partial charge < -0.3 is 5.32 Å². The van der Waals surface area contributed by atoms with E-state index in [0.29, 0.717) is 5.16 Å². The summed E-state index contributed by atoms with van der Waals surface area (Å²) in [5, 5.41) is 4.48. The fourth-order valence-corrected chi connectivity index (χ4v) is 3.04. The van der Waals surface area contributed by atoms with E-state index in [4.69, 9.17) is 0 Å². The fourth-order valence-electron chi connectivity index (χ4n) is 2.29. The van der Waals surface area contributed by atoms with Crippen molar-refractivity contribution in [2.75, 3.05) is 11.1 Å². The molecular weight excluding hydrogens is 308 g/mol. The molecule has 1 amide bonds. The zero-order valence-corrected chi connectivity index (χ0v) is 13.7. The van der Waals surface area contributed by atoms with Crippen LogP contribution >= 0.6 is 11.8 Å². The van der Waals surface area contributed by atoms with Gasteiger partial charge in [0.25, 0.3) is 0 Å². The molecule has 0 bridgehead atoms. The summed E-state index contributed by atoms with van der Waals surface area (Å²) in [4.78, 5) is 25.1. The van der Waals surface area contributed by atoms with E-state index in [2.05, 4.69) is 20.3 Å². The quantitative estimate of drug-likeness (QED) is 0.588. The van der Waals surface area contributed by atoms with Gasteiger partial charge >= 0.3 is 0 Å². The number of pyridine rings is 1. The molecule has 0 spiro atoms. The summed E-state index contributed by atoms with van der Waals surface area (Å²) in [5.41, 5.74) is 3.43. The van der Waals surface area contributed by atoms with E-state index in [1.165, 1.54) is 11.8 Å². The minimum atomic E-state index is -0.0888. The lowest BCUT2D eigenvalue weighted by Gasteiger charge is -2.08. The Bertz CT molecular complexity index is 841. The second kappa shape index (κ2) is 6.75. The molecule has 0 aliphatic carbocycles. The lowest BCUT2D eigenvalue weighted by molar-refractivity contribution is -0.113. The average molecular weight is 324 g/mol. The van der Waals surface area contributed by atoms with Crippen LogP contribution in [-0.2, 0) is 4.79 Å². The number of rotatable bonds is 4. The minimum absolute atomic E-state index is 0.0888. The number of hydrogen-bond donors (Lipinski definition) is 1. The van der Waals surface area contributed by atoms with Gasteiger partial charge in [-0.15, -0.1) is 0 Å². The fraction of sp³-hybridized carbons (Fsp3) is 0.176. The van der Waals surface area contributed by atoms with Crippen LogP contribution in [-0.4, -0.2) is 26.6 Å². The number of anilines is 1. The average Bonchev–Trinajstić information content (AvgIpc) is 2.52. The van der Waals surface area contributed by atoms with Gasteiger partial charge in [0.05, 0.1) is 17.0 Å². The van der Waals surface area contributed by atoms with Crippen molar-refractivity contribution in [1.82, 2.24) is 15.0 Å². The van der Waals surface area contributed by atoms with Crippen LogP contribution in [0.2, 0.25) is 0 Å². The Morgan fingerprint density at radius 3 is 2.70 bits per heavy atom. The van der Waals surface area contributed by atoms with Gasteiger partial charge in [-0.2, -0.15) is 0 Å². The van der Waals surface area contributed by atoms with E-state index in [1.54, 1.807) is 6.20 Å². The van der Waals surface area contributed by atoms with Crippen LogP contribution in [0.1, 0.15) is 11.4 Å². The van der Waals surface area contributed by atoms with Crippen molar-refractivity contribution >= 4 is 34.3 Å². The van der Waals surface area contributed by atoms with Crippen molar-refractivity contribution < 1.29 is 4.79 Å². The van der Waals surface area contributed by atoms with Gasteiger partial charge in [0.15, 0.2) is 5.16 Å². The molecule has 0 aliphatic heterocycles. The van der Waals surface area contributed by atoms with Crippen LogP contribution in [0.3, 0.4) is 0 Å². The normalized spacial score (nSPS) is 10.7. The molecule has 5 nitrogen and oxygen atoms in total. The Balaban J connectivity index is 1.69. The number of carbonyl (C=O) groups excluding carboxylic acids is 1. The summed E-state index contributed by atoms with van der Waals surface area (Å²) in [5.74, 6) is 0.175. The van der Waals surface area contributed by atoms with Gasteiger partial charge in [0, 0.05) is 23.0 Å². The van der Waals surface area contributed by atoms with E-state index >= 15 is 0 Å². The lowest BCUT2D eigenvalue weighted by atomic mass is 10.2. The third-order valence-corrected chi connectivity index (χ3v) is 4.06. The van der Waals surface area contributed by atoms with E-state index in [1.807, 2.05) is 50.2 Å². The van der Waals surface area contributed by atoms with Crippen molar-refractivity contribution in [1.29, 1.82) is 0 Å². The second-order valence-corrected chi connectivity index (χ2v) is 6.09. The van der Waals surface area contributed by atoms with Crippen molar-refractivity contribution in [2.24, 2.45) is 0 Å². The maximum Gasteiger partial charge on any atom is 0.234 e. The third-order valence-electron chi connectivity index (χ3n) is 3.21. The number of aromatic nitrogens is 3. The highest BCUT2D eigenvalue weighted by molar-refractivity contribution is 7.99. The van der Waals surface area contributed by atoms with Gasteiger partial charge in [-0.05, 0) is 44.2 Å². The number of carbonyl (C=O) groups is 1. The molecule has 3 aromatic rings.